The number of benzene rings is 1. The zero-order valence-electron chi connectivity index (χ0n) is 15.7. The second-order valence-electron chi connectivity index (χ2n) is 6.58. The molecule has 0 aliphatic rings. The molecule has 1 aromatic carbocycles. The van der Waals surface area contributed by atoms with Crippen molar-refractivity contribution in [3.63, 3.8) is 0 Å². The number of hydrogen-bond acceptors (Lipinski definition) is 4. The number of carbonyl (C=O) groups is 1. The Hall–Kier alpha value is -2.73. The summed E-state index contributed by atoms with van der Waals surface area (Å²) in [6.45, 7) is 6.82. The molecule has 0 spiro atoms. The zero-order chi connectivity index (χ0) is 19.4. The van der Waals surface area contributed by atoms with E-state index in [9.17, 15) is 9.59 Å². The fourth-order valence-corrected chi connectivity index (χ4v) is 3.78. The molecule has 5 nitrogen and oxygen atoms in total. The lowest BCUT2D eigenvalue weighted by molar-refractivity contribution is 0.0674. The van der Waals surface area contributed by atoms with E-state index in [4.69, 9.17) is 0 Å². The van der Waals surface area contributed by atoms with Gasteiger partial charge in [0, 0.05) is 33.0 Å². The molecule has 6 heteroatoms. The van der Waals surface area contributed by atoms with Gasteiger partial charge in [-0.3, -0.25) is 9.59 Å². The maximum absolute atomic E-state index is 13.2. The van der Waals surface area contributed by atoms with E-state index in [1.54, 1.807) is 17.4 Å². The fraction of sp³-hybridized carbons (Fsp3) is 0.286. The van der Waals surface area contributed by atoms with Crippen molar-refractivity contribution < 1.29 is 4.79 Å². The molecule has 0 aliphatic carbocycles. The molecule has 2 aromatic heterocycles. The molecule has 0 saturated carbocycles. The monoisotopic (exact) mass is 381 g/mol. The van der Waals surface area contributed by atoms with Gasteiger partial charge in [0.25, 0.3) is 11.5 Å². The van der Waals surface area contributed by atoms with E-state index >= 15 is 0 Å². The topological polar surface area (TPSA) is 66.1 Å². The lowest BCUT2D eigenvalue weighted by Crippen LogP contribution is -2.37. The van der Waals surface area contributed by atoms with Gasteiger partial charge in [0.05, 0.1) is 18.6 Å². The SMILES string of the molecule is CCC(C)N(Cc1ccc(C)s1)C(=O)c1cccc(-c2cc(=O)[nH]cn2)c1. The standard InChI is InChI=1S/C21H23N3O2S/c1-4-14(2)24(12-18-9-8-15(3)27-18)21(26)17-7-5-6-16(10-17)19-11-20(25)23-13-22-19/h5-11,13-14H,4,12H2,1-3H3,(H,22,23,25). The molecule has 3 aromatic rings. The van der Waals surface area contributed by atoms with Crippen LogP contribution in [-0.2, 0) is 6.54 Å². The quantitative estimate of drug-likeness (QED) is 0.694. The number of nitrogens with zero attached hydrogens (tertiary/aromatic N) is 2. The van der Waals surface area contributed by atoms with Gasteiger partial charge in [-0.15, -0.1) is 11.3 Å². The molecule has 1 amide bonds. The maximum Gasteiger partial charge on any atom is 0.254 e. The van der Waals surface area contributed by atoms with Crippen LogP contribution in [0, 0.1) is 6.92 Å². The van der Waals surface area contributed by atoms with E-state index in [0.717, 1.165) is 12.0 Å². The van der Waals surface area contributed by atoms with Gasteiger partial charge < -0.3 is 9.88 Å². The highest BCUT2D eigenvalue weighted by Gasteiger charge is 2.22. The number of aromatic amines is 1. The van der Waals surface area contributed by atoms with Crippen LogP contribution < -0.4 is 5.56 Å². The van der Waals surface area contributed by atoms with Gasteiger partial charge in [0.2, 0.25) is 0 Å². The Kier molecular flexibility index (Phi) is 5.86. The van der Waals surface area contributed by atoms with Crippen LogP contribution in [0.15, 0.2) is 53.6 Å². The third-order valence-corrected chi connectivity index (χ3v) is 5.57. The van der Waals surface area contributed by atoms with Crippen molar-refractivity contribution in [3.8, 4) is 11.3 Å². The predicted molar refractivity (Wildman–Crippen MR) is 109 cm³/mol. The van der Waals surface area contributed by atoms with Crippen LogP contribution in [0.3, 0.4) is 0 Å². The molecule has 0 bridgehead atoms. The average molecular weight is 382 g/mol. The van der Waals surface area contributed by atoms with E-state index in [1.807, 2.05) is 23.1 Å². The number of hydrogen-bond donors (Lipinski definition) is 1. The van der Waals surface area contributed by atoms with Crippen molar-refractivity contribution >= 4 is 17.2 Å². The maximum atomic E-state index is 13.2. The summed E-state index contributed by atoms with van der Waals surface area (Å²) < 4.78 is 0. The van der Waals surface area contributed by atoms with Gasteiger partial charge in [-0.2, -0.15) is 0 Å². The Morgan fingerprint density at radius 2 is 2.07 bits per heavy atom. The summed E-state index contributed by atoms with van der Waals surface area (Å²) in [6, 6.07) is 13.0. The lowest BCUT2D eigenvalue weighted by atomic mass is 10.1. The van der Waals surface area contributed by atoms with E-state index in [0.29, 0.717) is 17.8 Å². The third-order valence-electron chi connectivity index (χ3n) is 4.59. The number of H-pyrrole nitrogens is 1. The number of carbonyl (C=O) groups excluding carboxylic acids is 1. The van der Waals surface area contributed by atoms with Crippen LogP contribution in [0.2, 0.25) is 0 Å². The first-order valence-electron chi connectivity index (χ1n) is 8.99. The molecule has 2 heterocycles. The highest BCUT2D eigenvalue weighted by atomic mass is 32.1. The Morgan fingerprint density at radius 1 is 1.26 bits per heavy atom. The molecule has 3 rings (SSSR count). The van der Waals surface area contributed by atoms with Gasteiger partial charge in [0.15, 0.2) is 0 Å². The van der Waals surface area contributed by atoms with Gasteiger partial charge in [0.1, 0.15) is 0 Å². The largest absolute Gasteiger partial charge is 0.331 e. The van der Waals surface area contributed by atoms with Crippen LogP contribution >= 0.6 is 11.3 Å². The van der Waals surface area contributed by atoms with Crippen LogP contribution in [-0.4, -0.2) is 26.8 Å². The molecule has 0 radical (unpaired) electrons. The summed E-state index contributed by atoms with van der Waals surface area (Å²) in [7, 11) is 0. The van der Waals surface area contributed by atoms with E-state index in [2.05, 4.69) is 42.9 Å². The number of thiophene rings is 1. The second-order valence-corrected chi connectivity index (χ2v) is 7.95. The average Bonchev–Trinajstić information content (AvgIpc) is 3.10. The first-order chi connectivity index (χ1) is 13.0. The van der Waals surface area contributed by atoms with Gasteiger partial charge in [-0.25, -0.2) is 4.98 Å². The van der Waals surface area contributed by atoms with Crippen LogP contribution in [0.4, 0.5) is 0 Å². The first kappa shape index (κ1) is 19.0. The molecular formula is C21H23N3O2S. The normalized spacial score (nSPS) is 12.0. The minimum Gasteiger partial charge on any atom is -0.331 e. The van der Waals surface area contributed by atoms with Gasteiger partial charge >= 0.3 is 0 Å². The summed E-state index contributed by atoms with van der Waals surface area (Å²) >= 11 is 1.72. The summed E-state index contributed by atoms with van der Waals surface area (Å²) in [5.41, 5.74) is 1.69. The minimum atomic E-state index is -0.217. The predicted octanol–water partition coefficient (Wildman–Crippen LogP) is 4.25. The number of nitrogens with one attached hydrogen (secondary N) is 1. The van der Waals surface area contributed by atoms with E-state index in [1.165, 1.54) is 22.1 Å². The number of amides is 1. The van der Waals surface area contributed by atoms with E-state index < -0.39 is 0 Å². The Morgan fingerprint density at radius 3 is 2.74 bits per heavy atom. The van der Waals surface area contributed by atoms with Gasteiger partial charge in [-0.1, -0.05) is 19.1 Å². The van der Waals surface area contributed by atoms with Crippen LogP contribution in [0.1, 0.15) is 40.4 Å². The molecule has 0 aliphatic heterocycles. The van der Waals surface area contributed by atoms with Crippen molar-refractivity contribution in [2.45, 2.75) is 39.8 Å². The fourth-order valence-electron chi connectivity index (χ4n) is 2.89. The molecule has 1 unspecified atom stereocenters. The number of rotatable bonds is 6. The van der Waals surface area contributed by atoms with E-state index in [-0.39, 0.29) is 17.5 Å². The molecular weight excluding hydrogens is 358 g/mol. The third kappa shape index (κ3) is 4.52. The summed E-state index contributed by atoms with van der Waals surface area (Å²) in [5.74, 6) is -0.0120. The highest BCUT2D eigenvalue weighted by molar-refractivity contribution is 7.11. The van der Waals surface area contributed by atoms with Crippen molar-refractivity contribution in [1.82, 2.24) is 14.9 Å². The summed E-state index contributed by atoms with van der Waals surface area (Å²) in [4.78, 5) is 35.8. The molecule has 0 saturated heterocycles. The molecule has 1 N–H and O–H groups in total. The lowest BCUT2D eigenvalue weighted by Gasteiger charge is -2.28. The first-order valence-corrected chi connectivity index (χ1v) is 9.81. The Labute approximate surface area is 162 Å². The summed E-state index contributed by atoms with van der Waals surface area (Å²) in [6.07, 6.45) is 2.25. The molecule has 0 fully saturated rings. The van der Waals surface area contributed by atoms with Crippen molar-refractivity contribution in [3.05, 3.63) is 74.5 Å². The summed E-state index contributed by atoms with van der Waals surface area (Å²) in [5, 5.41) is 0. The zero-order valence-corrected chi connectivity index (χ0v) is 16.5. The van der Waals surface area contributed by atoms with Crippen molar-refractivity contribution in [2.75, 3.05) is 0 Å². The highest BCUT2D eigenvalue weighted by Crippen LogP contribution is 2.23. The van der Waals surface area contributed by atoms with Crippen LogP contribution in [0.5, 0.6) is 0 Å². The molecule has 27 heavy (non-hydrogen) atoms. The Balaban J connectivity index is 1.91. The molecule has 140 valence electrons. The minimum absolute atomic E-state index is 0.0120. The molecule has 1 atom stereocenters. The van der Waals surface area contributed by atoms with Gasteiger partial charge in [-0.05, 0) is 44.5 Å². The number of aromatic nitrogens is 2. The Bertz CT molecular complexity index is 993. The smallest absolute Gasteiger partial charge is 0.254 e. The van der Waals surface area contributed by atoms with Crippen molar-refractivity contribution in [1.29, 1.82) is 0 Å². The number of aryl methyl sites for hydroxylation is 1. The second kappa shape index (κ2) is 8.31. The van der Waals surface area contributed by atoms with Crippen LogP contribution in [0.25, 0.3) is 11.3 Å². The van der Waals surface area contributed by atoms with Crippen molar-refractivity contribution in [2.24, 2.45) is 0 Å².